The predicted octanol–water partition coefficient (Wildman–Crippen LogP) is 2.27. The van der Waals surface area contributed by atoms with E-state index in [1.807, 2.05) is 0 Å². The Morgan fingerprint density at radius 1 is 1.16 bits per heavy atom. The highest BCUT2D eigenvalue weighted by atomic mass is 35.5. The van der Waals surface area contributed by atoms with Gasteiger partial charge in [-0.3, -0.25) is 4.90 Å². The molecule has 1 aromatic heterocycles. The molecular weight excluding hydrogens is 460 g/mol. The molecule has 3 aliphatic rings. The summed E-state index contributed by atoms with van der Waals surface area (Å²) in [6.07, 6.45) is 0. The van der Waals surface area contributed by atoms with Crippen molar-refractivity contribution in [2.45, 2.75) is 30.4 Å². The lowest BCUT2D eigenvalue weighted by molar-refractivity contribution is -0.167. The normalized spacial score (nSPS) is 23.0. The average molecular weight is 487 g/mol. The lowest BCUT2D eigenvalue weighted by atomic mass is 9.95. The predicted molar refractivity (Wildman–Crippen MR) is 122 cm³/mol. The second-order valence-electron chi connectivity index (χ2n) is 8.72. The summed E-state index contributed by atoms with van der Waals surface area (Å²) in [6, 6.07) is 3.76. The summed E-state index contributed by atoms with van der Waals surface area (Å²) in [7, 11) is -3.65. The van der Waals surface area contributed by atoms with Crippen molar-refractivity contribution >= 4 is 48.3 Å². The van der Waals surface area contributed by atoms with Crippen LogP contribution in [0.15, 0.2) is 17.0 Å². The smallest absolute Gasteiger partial charge is 0.244 e. The highest BCUT2D eigenvalue weighted by molar-refractivity contribution is 7.89. The third-order valence-corrected chi connectivity index (χ3v) is 9.72. The molecule has 0 atom stereocenters. The summed E-state index contributed by atoms with van der Waals surface area (Å²) in [5.74, 6) is 0. The summed E-state index contributed by atoms with van der Waals surface area (Å²) in [6.45, 7) is 9.98. The third-order valence-electron chi connectivity index (χ3n) is 6.28. The molecule has 11 heteroatoms. The number of ether oxygens (including phenoxy) is 2. The Morgan fingerprint density at radius 3 is 2.55 bits per heavy atom. The van der Waals surface area contributed by atoms with Crippen LogP contribution in [0.25, 0.3) is 10.2 Å². The van der Waals surface area contributed by atoms with Crippen LogP contribution >= 0.6 is 22.9 Å². The van der Waals surface area contributed by atoms with Gasteiger partial charge in [-0.2, -0.15) is 4.31 Å². The SMILES string of the molecule is CC(C)N1CCN(S(=O)(=O)c2cc3sc(N4CC5(COCCO5)C4)nc3cc2Cl)CC1. The molecule has 8 nitrogen and oxygen atoms in total. The van der Waals surface area contributed by atoms with Gasteiger partial charge in [-0.05, 0) is 26.0 Å². The fraction of sp³-hybridized carbons (Fsp3) is 0.650. The van der Waals surface area contributed by atoms with Gasteiger partial charge in [0, 0.05) is 32.2 Å². The number of hydrogen-bond acceptors (Lipinski definition) is 8. The molecule has 2 aromatic rings. The van der Waals surface area contributed by atoms with Gasteiger partial charge < -0.3 is 14.4 Å². The van der Waals surface area contributed by atoms with Crippen LogP contribution in [0.5, 0.6) is 0 Å². The van der Waals surface area contributed by atoms with Crippen LogP contribution in [0.1, 0.15) is 13.8 Å². The maximum absolute atomic E-state index is 13.3. The van der Waals surface area contributed by atoms with Crippen molar-refractivity contribution in [2.24, 2.45) is 0 Å². The van der Waals surface area contributed by atoms with E-state index in [-0.39, 0.29) is 15.5 Å². The van der Waals surface area contributed by atoms with Crippen LogP contribution in [0.2, 0.25) is 5.02 Å². The number of thiazole rings is 1. The number of benzene rings is 1. The maximum Gasteiger partial charge on any atom is 0.244 e. The van der Waals surface area contributed by atoms with E-state index in [1.165, 1.54) is 11.3 Å². The summed E-state index contributed by atoms with van der Waals surface area (Å²) in [5.41, 5.74) is 0.482. The van der Waals surface area contributed by atoms with Gasteiger partial charge in [0.05, 0.1) is 48.1 Å². The molecule has 1 aromatic carbocycles. The Balaban J connectivity index is 1.36. The van der Waals surface area contributed by atoms with Crippen LogP contribution < -0.4 is 4.90 Å². The minimum absolute atomic E-state index is 0.166. The summed E-state index contributed by atoms with van der Waals surface area (Å²) >= 11 is 7.92. The lowest BCUT2D eigenvalue weighted by Crippen LogP contribution is -2.67. The molecule has 0 bridgehead atoms. The Hall–Kier alpha value is -1.01. The van der Waals surface area contributed by atoms with Crippen molar-refractivity contribution in [3.8, 4) is 0 Å². The number of aromatic nitrogens is 1. The molecule has 31 heavy (non-hydrogen) atoms. The van der Waals surface area contributed by atoms with Crippen molar-refractivity contribution in [1.82, 2.24) is 14.2 Å². The van der Waals surface area contributed by atoms with Crippen molar-refractivity contribution in [2.75, 3.05) is 64.0 Å². The van der Waals surface area contributed by atoms with E-state index >= 15 is 0 Å². The van der Waals surface area contributed by atoms with E-state index in [0.717, 1.165) is 41.5 Å². The van der Waals surface area contributed by atoms with Crippen molar-refractivity contribution < 1.29 is 17.9 Å². The van der Waals surface area contributed by atoms with Gasteiger partial charge in [-0.1, -0.05) is 22.9 Å². The van der Waals surface area contributed by atoms with Gasteiger partial charge in [0.25, 0.3) is 0 Å². The van der Waals surface area contributed by atoms with E-state index in [2.05, 4.69) is 28.6 Å². The zero-order valence-corrected chi connectivity index (χ0v) is 20.1. The first kappa shape index (κ1) is 21.8. The quantitative estimate of drug-likeness (QED) is 0.656. The Bertz CT molecular complexity index is 1070. The molecule has 0 unspecified atom stereocenters. The van der Waals surface area contributed by atoms with Crippen molar-refractivity contribution in [1.29, 1.82) is 0 Å². The van der Waals surface area contributed by atoms with Crippen LogP contribution in [0, 0.1) is 0 Å². The first-order chi connectivity index (χ1) is 14.8. The number of nitrogens with zero attached hydrogens (tertiary/aromatic N) is 4. The highest BCUT2D eigenvalue weighted by Crippen LogP contribution is 2.39. The van der Waals surface area contributed by atoms with Gasteiger partial charge in [0.15, 0.2) is 5.13 Å². The first-order valence-electron chi connectivity index (χ1n) is 10.6. The van der Waals surface area contributed by atoms with Gasteiger partial charge in [0.2, 0.25) is 10.0 Å². The number of sulfonamides is 1. The van der Waals surface area contributed by atoms with Crippen LogP contribution in [-0.2, 0) is 19.5 Å². The second-order valence-corrected chi connectivity index (χ2v) is 12.0. The molecule has 4 heterocycles. The zero-order valence-electron chi connectivity index (χ0n) is 17.7. The fourth-order valence-corrected chi connectivity index (χ4v) is 7.44. The molecule has 170 valence electrons. The molecule has 5 rings (SSSR count). The monoisotopic (exact) mass is 486 g/mol. The fourth-order valence-electron chi connectivity index (χ4n) is 4.43. The summed E-state index contributed by atoms with van der Waals surface area (Å²) in [4.78, 5) is 9.28. The molecule has 1 spiro atoms. The second kappa shape index (κ2) is 8.09. The highest BCUT2D eigenvalue weighted by Gasteiger charge is 2.47. The minimum Gasteiger partial charge on any atom is -0.376 e. The number of fused-ring (bicyclic) bond motifs is 1. The first-order valence-corrected chi connectivity index (χ1v) is 13.2. The molecule has 0 aliphatic carbocycles. The standard InChI is InChI=1S/C20H27ClN4O4S2/c1-14(2)23-3-5-25(6-4-23)31(26,27)18-10-17-16(9-15(18)21)22-19(30-17)24-11-20(12-24)13-28-7-8-29-20/h9-10,14H,3-8,11-13H2,1-2H3. The Kier molecular flexibility index (Phi) is 5.69. The van der Waals surface area contributed by atoms with Crippen LogP contribution in [0.3, 0.4) is 0 Å². The molecule has 3 fully saturated rings. The van der Waals surface area contributed by atoms with E-state index in [0.29, 0.717) is 39.0 Å². The number of anilines is 1. The minimum atomic E-state index is -3.65. The van der Waals surface area contributed by atoms with Crippen LogP contribution in [-0.4, -0.2) is 93.3 Å². The van der Waals surface area contributed by atoms with Gasteiger partial charge >= 0.3 is 0 Å². The summed E-state index contributed by atoms with van der Waals surface area (Å²) < 4.78 is 40.4. The Labute approximate surface area is 191 Å². The molecular formula is C20H27ClN4O4S2. The lowest BCUT2D eigenvalue weighted by Gasteiger charge is -2.50. The zero-order chi connectivity index (χ0) is 21.8. The molecule has 3 aliphatic heterocycles. The topological polar surface area (TPSA) is 75.2 Å². The van der Waals surface area contributed by atoms with E-state index < -0.39 is 10.0 Å². The largest absolute Gasteiger partial charge is 0.376 e. The number of halogens is 1. The number of piperazine rings is 1. The average Bonchev–Trinajstić information content (AvgIpc) is 3.14. The number of hydrogen-bond donors (Lipinski definition) is 0. The van der Waals surface area contributed by atoms with E-state index in [4.69, 9.17) is 21.1 Å². The Morgan fingerprint density at radius 2 is 1.90 bits per heavy atom. The van der Waals surface area contributed by atoms with E-state index in [1.54, 1.807) is 16.4 Å². The van der Waals surface area contributed by atoms with Gasteiger partial charge in [0.1, 0.15) is 10.5 Å². The van der Waals surface area contributed by atoms with Gasteiger partial charge in [-0.25, -0.2) is 13.4 Å². The molecule has 0 N–H and O–H groups in total. The molecule has 0 radical (unpaired) electrons. The van der Waals surface area contributed by atoms with Gasteiger partial charge in [-0.15, -0.1) is 0 Å². The van der Waals surface area contributed by atoms with E-state index in [9.17, 15) is 8.42 Å². The number of rotatable bonds is 4. The molecule has 0 amide bonds. The van der Waals surface area contributed by atoms with Crippen molar-refractivity contribution in [3.63, 3.8) is 0 Å². The maximum atomic E-state index is 13.3. The molecule has 0 saturated carbocycles. The third kappa shape index (κ3) is 3.96. The summed E-state index contributed by atoms with van der Waals surface area (Å²) in [5, 5.41) is 1.07. The molecule has 3 saturated heterocycles. The van der Waals surface area contributed by atoms with Crippen molar-refractivity contribution in [3.05, 3.63) is 17.2 Å². The van der Waals surface area contributed by atoms with Crippen LogP contribution in [0.4, 0.5) is 5.13 Å².